The molecule has 3 nitrogen and oxygen atoms in total. The number of benzene rings is 1. The van der Waals surface area contributed by atoms with Crippen LogP contribution in [0.1, 0.15) is 12.5 Å². The topological polar surface area (TPSA) is 44.3 Å². The van der Waals surface area contributed by atoms with Gasteiger partial charge in [0.1, 0.15) is 6.23 Å². The van der Waals surface area contributed by atoms with Gasteiger partial charge in [0, 0.05) is 5.69 Å². The molecule has 0 fully saturated rings. The lowest BCUT2D eigenvalue weighted by molar-refractivity contribution is 0.166. The highest BCUT2D eigenvalue weighted by atomic mass is 16.3. The average Bonchev–Trinajstić information content (AvgIpc) is 2.01. The first-order chi connectivity index (χ1) is 5.68. The summed E-state index contributed by atoms with van der Waals surface area (Å²) in [4.78, 5) is 0. The third-order valence-corrected chi connectivity index (χ3v) is 1.44. The third kappa shape index (κ3) is 2.90. The zero-order valence-electron chi connectivity index (χ0n) is 7.33. The largest absolute Gasteiger partial charge is 0.377 e. The molecule has 0 spiro atoms. The number of hydrogen-bond donors (Lipinski definition) is 3. The Hall–Kier alpha value is -1.06. The monoisotopic (exact) mass is 166 g/mol. The Balaban J connectivity index is 2.52. The van der Waals surface area contributed by atoms with Gasteiger partial charge in [-0.05, 0) is 31.5 Å². The highest BCUT2D eigenvalue weighted by molar-refractivity contribution is 5.44. The summed E-state index contributed by atoms with van der Waals surface area (Å²) < 4.78 is 0. The van der Waals surface area contributed by atoms with Crippen molar-refractivity contribution in [2.24, 2.45) is 0 Å². The molecule has 0 bridgehead atoms. The summed E-state index contributed by atoms with van der Waals surface area (Å²) in [6.45, 7) is 3.68. The second-order valence-electron chi connectivity index (χ2n) is 2.81. The summed E-state index contributed by atoms with van der Waals surface area (Å²) in [5.74, 6) is 0. The summed E-state index contributed by atoms with van der Waals surface area (Å²) in [5, 5.41) is 8.91. The molecule has 0 saturated carbocycles. The van der Waals surface area contributed by atoms with E-state index in [1.165, 1.54) is 5.56 Å². The third-order valence-electron chi connectivity index (χ3n) is 1.44. The molecule has 0 aliphatic heterocycles. The molecule has 0 radical (unpaired) electrons. The number of hydrazine groups is 1. The molecule has 0 heterocycles. The van der Waals surface area contributed by atoms with Crippen molar-refractivity contribution in [3.8, 4) is 0 Å². The number of rotatable bonds is 3. The Morgan fingerprint density at radius 1 is 1.42 bits per heavy atom. The van der Waals surface area contributed by atoms with Crippen molar-refractivity contribution in [3.63, 3.8) is 0 Å². The SMILES string of the molecule is Cc1cccc(NNC(C)O)c1. The van der Waals surface area contributed by atoms with Crippen molar-refractivity contribution in [2.45, 2.75) is 20.1 Å². The number of aliphatic hydroxyl groups is 1. The number of aliphatic hydroxyl groups excluding tert-OH is 1. The van der Waals surface area contributed by atoms with Crippen molar-refractivity contribution < 1.29 is 5.11 Å². The fraction of sp³-hybridized carbons (Fsp3) is 0.333. The van der Waals surface area contributed by atoms with Crippen molar-refractivity contribution in [1.82, 2.24) is 5.43 Å². The molecule has 1 atom stereocenters. The molecular weight excluding hydrogens is 152 g/mol. The lowest BCUT2D eigenvalue weighted by Crippen LogP contribution is -2.30. The first-order valence-corrected chi connectivity index (χ1v) is 3.95. The van der Waals surface area contributed by atoms with Gasteiger partial charge in [-0.1, -0.05) is 12.1 Å². The maximum Gasteiger partial charge on any atom is 0.118 e. The van der Waals surface area contributed by atoms with Crippen LogP contribution >= 0.6 is 0 Å². The van der Waals surface area contributed by atoms with Crippen molar-refractivity contribution in [3.05, 3.63) is 29.8 Å². The van der Waals surface area contributed by atoms with Gasteiger partial charge in [0.05, 0.1) is 0 Å². The minimum atomic E-state index is -0.550. The minimum Gasteiger partial charge on any atom is -0.377 e. The maximum absolute atomic E-state index is 8.91. The van der Waals surface area contributed by atoms with Crippen LogP contribution in [0.25, 0.3) is 0 Å². The van der Waals surface area contributed by atoms with E-state index in [9.17, 15) is 0 Å². The fourth-order valence-electron chi connectivity index (χ4n) is 0.911. The smallest absolute Gasteiger partial charge is 0.118 e. The van der Waals surface area contributed by atoms with Crippen molar-refractivity contribution >= 4 is 5.69 Å². The number of aryl methyl sites for hydroxylation is 1. The maximum atomic E-state index is 8.91. The number of anilines is 1. The second-order valence-corrected chi connectivity index (χ2v) is 2.81. The van der Waals surface area contributed by atoms with Gasteiger partial charge in [0.2, 0.25) is 0 Å². The highest BCUT2D eigenvalue weighted by Crippen LogP contribution is 2.07. The van der Waals surface area contributed by atoms with E-state index >= 15 is 0 Å². The average molecular weight is 166 g/mol. The van der Waals surface area contributed by atoms with E-state index in [0.717, 1.165) is 5.69 Å². The molecule has 1 rings (SSSR count). The van der Waals surface area contributed by atoms with Crippen LogP contribution in [-0.2, 0) is 0 Å². The highest BCUT2D eigenvalue weighted by Gasteiger charge is 1.93. The van der Waals surface area contributed by atoms with E-state index in [4.69, 9.17) is 5.11 Å². The molecule has 0 aliphatic carbocycles. The van der Waals surface area contributed by atoms with Crippen LogP contribution in [0, 0.1) is 6.92 Å². The molecule has 3 N–H and O–H groups in total. The van der Waals surface area contributed by atoms with Gasteiger partial charge in [-0.25, -0.2) is 5.43 Å². The van der Waals surface area contributed by atoms with Gasteiger partial charge in [0.15, 0.2) is 0 Å². The molecule has 0 aliphatic rings. The lowest BCUT2D eigenvalue weighted by Gasteiger charge is -2.10. The summed E-state index contributed by atoms with van der Waals surface area (Å²) in [6, 6.07) is 7.91. The van der Waals surface area contributed by atoms with Crippen LogP contribution in [0.5, 0.6) is 0 Å². The van der Waals surface area contributed by atoms with Crippen molar-refractivity contribution in [1.29, 1.82) is 0 Å². The molecule has 0 aromatic heterocycles. The van der Waals surface area contributed by atoms with Gasteiger partial charge in [-0.3, -0.25) is 0 Å². The molecule has 0 saturated heterocycles. The first kappa shape index (κ1) is 9.03. The van der Waals surface area contributed by atoms with Crippen LogP contribution in [0.2, 0.25) is 0 Å². The Labute approximate surface area is 72.4 Å². The van der Waals surface area contributed by atoms with E-state index in [0.29, 0.717) is 0 Å². The molecule has 1 aromatic carbocycles. The van der Waals surface area contributed by atoms with Gasteiger partial charge in [-0.15, -0.1) is 0 Å². The van der Waals surface area contributed by atoms with E-state index in [1.54, 1.807) is 6.92 Å². The molecule has 3 heteroatoms. The molecular formula is C9H14N2O. The normalized spacial score (nSPS) is 12.6. The summed E-state index contributed by atoms with van der Waals surface area (Å²) in [5.41, 5.74) is 7.72. The summed E-state index contributed by atoms with van der Waals surface area (Å²) in [7, 11) is 0. The Morgan fingerprint density at radius 2 is 2.17 bits per heavy atom. The van der Waals surface area contributed by atoms with E-state index < -0.39 is 6.23 Å². The summed E-state index contributed by atoms with van der Waals surface area (Å²) >= 11 is 0. The van der Waals surface area contributed by atoms with Gasteiger partial charge >= 0.3 is 0 Å². The van der Waals surface area contributed by atoms with Crippen molar-refractivity contribution in [2.75, 3.05) is 5.43 Å². The van der Waals surface area contributed by atoms with E-state index in [2.05, 4.69) is 10.9 Å². The van der Waals surface area contributed by atoms with Crippen LogP contribution in [-0.4, -0.2) is 11.3 Å². The Bertz CT molecular complexity index is 248. The van der Waals surface area contributed by atoms with Gasteiger partial charge in [0.25, 0.3) is 0 Å². The first-order valence-electron chi connectivity index (χ1n) is 3.95. The molecule has 1 unspecified atom stereocenters. The fourth-order valence-corrected chi connectivity index (χ4v) is 0.911. The number of hydrogen-bond acceptors (Lipinski definition) is 3. The van der Waals surface area contributed by atoms with E-state index in [1.807, 2.05) is 31.2 Å². The predicted molar refractivity (Wildman–Crippen MR) is 49.6 cm³/mol. The minimum absolute atomic E-state index is 0.550. The molecule has 1 aromatic rings. The standard InChI is InChI=1S/C9H14N2O/c1-7-4-3-5-9(6-7)11-10-8(2)12/h3-6,8,10-12H,1-2H3. The zero-order valence-corrected chi connectivity index (χ0v) is 7.33. The van der Waals surface area contributed by atoms with Crippen LogP contribution in [0.15, 0.2) is 24.3 Å². The molecule has 66 valence electrons. The van der Waals surface area contributed by atoms with Crippen LogP contribution in [0.4, 0.5) is 5.69 Å². The Kier molecular flexibility index (Phi) is 3.08. The number of nitrogens with one attached hydrogen (secondary N) is 2. The predicted octanol–water partition coefficient (Wildman–Crippen LogP) is 1.25. The van der Waals surface area contributed by atoms with E-state index in [-0.39, 0.29) is 0 Å². The van der Waals surface area contributed by atoms with Gasteiger partial charge in [-0.2, -0.15) is 0 Å². The van der Waals surface area contributed by atoms with Gasteiger partial charge < -0.3 is 10.5 Å². The lowest BCUT2D eigenvalue weighted by atomic mass is 10.2. The van der Waals surface area contributed by atoms with Crippen LogP contribution < -0.4 is 10.9 Å². The van der Waals surface area contributed by atoms with Crippen LogP contribution in [0.3, 0.4) is 0 Å². The molecule has 0 amide bonds. The zero-order chi connectivity index (χ0) is 8.97. The summed E-state index contributed by atoms with van der Waals surface area (Å²) in [6.07, 6.45) is -0.550. The Morgan fingerprint density at radius 3 is 2.75 bits per heavy atom. The second kappa shape index (κ2) is 4.09. The quantitative estimate of drug-likeness (QED) is 0.467. The molecule has 12 heavy (non-hydrogen) atoms.